The number of benzene rings is 2. The first-order valence-electron chi connectivity index (χ1n) is 7.16. The van der Waals surface area contributed by atoms with Gasteiger partial charge in [0.2, 0.25) is 5.91 Å². The van der Waals surface area contributed by atoms with Gasteiger partial charge in [0.15, 0.2) is 0 Å². The first kappa shape index (κ1) is 16.5. The molecule has 0 aliphatic carbocycles. The number of hydrogen-bond donors (Lipinski definition) is 2. The molecule has 0 radical (unpaired) electrons. The second kappa shape index (κ2) is 7.93. The molecule has 0 aliphatic heterocycles. The van der Waals surface area contributed by atoms with Crippen LogP contribution in [0.25, 0.3) is 0 Å². The third-order valence-corrected chi connectivity index (χ3v) is 2.99. The van der Waals surface area contributed by atoms with Crippen molar-refractivity contribution in [1.29, 1.82) is 0 Å². The van der Waals surface area contributed by atoms with Crippen molar-refractivity contribution in [3.05, 3.63) is 59.9 Å². The second-order valence-electron chi connectivity index (χ2n) is 4.64. The van der Waals surface area contributed by atoms with Gasteiger partial charge in [0.1, 0.15) is 11.6 Å². The van der Waals surface area contributed by atoms with E-state index in [1.807, 2.05) is 6.92 Å². The fraction of sp³-hybridized carbons (Fsp3) is 0.176. The standard InChI is InChI=1S/C17H17FN2O3/c1-2-23-15-10-6-5-9-14(15)20-16(21)11-19-17(22)12-7-3-4-8-13(12)18/h3-10H,2,11H2,1H3,(H,19,22)(H,20,21). The summed E-state index contributed by atoms with van der Waals surface area (Å²) in [6, 6.07) is 12.6. The minimum absolute atomic E-state index is 0.102. The number of hydrogen-bond acceptors (Lipinski definition) is 3. The third-order valence-electron chi connectivity index (χ3n) is 2.99. The Labute approximate surface area is 133 Å². The maximum absolute atomic E-state index is 13.5. The maximum atomic E-state index is 13.5. The van der Waals surface area contributed by atoms with E-state index in [1.54, 1.807) is 30.3 Å². The highest BCUT2D eigenvalue weighted by molar-refractivity contribution is 5.99. The molecule has 5 nitrogen and oxygen atoms in total. The van der Waals surface area contributed by atoms with Crippen LogP contribution in [0.15, 0.2) is 48.5 Å². The van der Waals surface area contributed by atoms with Gasteiger partial charge >= 0.3 is 0 Å². The van der Waals surface area contributed by atoms with Crippen LogP contribution in [0, 0.1) is 5.82 Å². The smallest absolute Gasteiger partial charge is 0.254 e. The SMILES string of the molecule is CCOc1ccccc1NC(=O)CNC(=O)c1ccccc1F. The van der Waals surface area contributed by atoms with Crippen molar-refractivity contribution in [2.45, 2.75) is 6.92 Å². The average molecular weight is 316 g/mol. The molecule has 120 valence electrons. The van der Waals surface area contributed by atoms with E-state index >= 15 is 0 Å². The van der Waals surface area contributed by atoms with E-state index < -0.39 is 17.6 Å². The highest BCUT2D eigenvalue weighted by atomic mass is 19.1. The molecule has 0 saturated carbocycles. The first-order valence-corrected chi connectivity index (χ1v) is 7.16. The first-order chi connectivity index (χ1) is 11.1. The number of amides is 2. The molecule has 0 atom stereocenters. The van der Waals surface area contributed by atoms with Crippen LogP contribution in [0.2, 0.25) is 0 Å². The monoisotopic (exact) mass is 316 g/mol. The zero-order chi connectivity index (χ0) is 16.7. The fourth-order valence-corrected chi connectivity index (χ4v) is 1.95. The van der Waals surface area contributed by atoms with Gasteiger partial charge in [-0.3, -0.25) is 9.59 Å². The number of ether oxygens (including phenoxy) is 1. The normalized spacial score (nSPS) is 10.0. The van der Waals surface area contributed by atoms with Gasteiger partial charge in [-0.2, -0.15) is 0 Å². The summed E-state index contributed by atoms with van der Waals surface area (Å²) in [5.74, 6) is -1.16. The van der Waals surface area contributed by atoms with Crippen LogP contribution >= 0.6 is 0 Å². The van der Waals surface area contributed by atoms with E-state index in [9.17, 15) is 14.0 Å². The van der Waals surface area contributed by atoms with Crippen molar-refractivity contribution in [2.75, 3.05) is 18.5 Å². The number of halogens is 1. The Balaban J connectivity index is 1.93. The van der Waals surface area contributed by atoms with Crippen LogP contribution in [0.1, 0.15) is 17.3 Å². The van der Waals surface area contributed by atoms with Crippen LogP contribution in [-0.2, 0) is 4.79 Å². The summed E-state index contributed by atoms with van der Waals surface area (Å²) in [5.41, 5.74) is 0.412. The molecule has 2 rings (SSSR count). The van der Waals surface area contributed by atoms with Crippen molar-refractivity contribution in [1.82, 2.24) is 5.32 Å². The molecule has 2 aromatic carbocycles. The Morgan fingerprint density at radius 3 is 2.52 bits per heavy atom. The van der Waals surface area contributed by atoms with Gasteiger partial charge in [0, 0.05) is 0 Å². The Kier molecular flexibility index (Phi) is 5.68. The number of carbonyl (C=O) groups excluding carboxylic acids is 2. The van der Waals surface area contributed by atoms with Crippen LogP contribution < -0.4 is 15.4 Å². The number of para-hydroxylation sites is 2. The van der Waals surface area contributed by atoms with E-state index in [2.05, 4.69) is 10.6 Å². The summed E-state index contributed by atoms with van der Waals surface area (Å²) in [6.45, 7) is 2.04. The molecule has 0 unspecified atom stereocenters. The second-order valence-corrected chi connectivity index (χ2v) is 4.64. The molecule has 2 amide bonds. The lowest BCUT2D eigenvalue weighted by Crippen LogP contribution is -2.33. The molecule has 2 N–H and O–H groups in total. The molecule has 0 heterocycles. The van der Waals surface area contributed by atoms with Crippen molar-refractivity contribution in [2.24, 2.45) is 0 Å². The quantitative estimate of drug-likeness (QED) is 0.861. The summed E-state index contributed by atoms with van der Waals surface area (Å²) in [7, 11) is 0. The minimum atomic E-state index is -0.642. The number of rotatable bonds is 6. The van der Waals surface area contributed by atoms with Gasteiger partial charge in [0.05, 0.1) is 24.4 Å². The zero-order valence-electron chi connectivity index (χ0n) is 12.6. The molecular weight excluding hydrogens is 299 g/mol. The van der Waals surface area contributed by atoms with Gasteiger partial charge in [0.25, 0.3) is 5.91 Å². The lowest BCUT2D eigenvalue weighted by Gasteiger charge is -2.11. The molecule has 0 fully saturated rings. The summed E-state index contributed by atoms with van der Waals surface area (Å²) >= 11 is 0. The van der Waals surface area contributed by atoms with Crippen molar-refractivity contribution in [3.8, 4) is 5.75 Å². The van der Waals surface area contributed by atoms with E-state index in [0.29, 0.717) is 18.0 Å². The van der Waals surface area contributed by atoms with E-state index in [4.69, 9.17) is 4.74 Å². The minimum Gasteiger partial charge on any atom is -0.492 e. The number of nitrogens with one attached hydrogen (secondary N) is 2. The highest BCUT2D eigenvalue weighted by Crippen LogP contribution is 2.23. The molecule has 0 aliphatic rings. The van der Waals surface area contributed by atoms with E-state index in [-0.39, 0.29) is 12.1 Å². The Morgan fingerprint density at radius 2 is 1.78 bits per heavy atom. The number of anilines is 1. The van der Waals surface area contributed by atoms with E-state index in [0.717, 1.165) is 0 Å². The Hall–Kier alpha value is -2.89. The molecule has 0 saturated heterocycles. The zero-order valence-corrected chi connectivity index (χ0v) is 12.6. The van der Waals surface area contributed by atoms with E-state index in [1.165, 1.54) is 18.2 Å². The van der Waals surface area contributed by atoms with Crippen LogP contribution in [0.4, 0.5) is 10.1 Å². The predicted octanol–water partition coefficient (Wildman–Crippen LogP) is 2.59. The third kappa shape index (κ3) is 4.54. The summed E-state index contributed by atoms with van der Waals surface area (Å²) in [6.07, 6.45) is 0. The van der Waals surface area contributed by atoms with Crippen LogP contribution in [-0.4, -0.2) is 25.0 Å². The summed E-state index contributed by atoms with van der Waals surface area (Å²) < 4.78 is 18.9. The summed E-state index contributed by atoms with van der Waals surface area (Å²) in [4.78, 5) is 23.8. The summed E-state index contributed by atoms with van der Waals surface area (Å²) in [5, 5.41) is 5.02. The number of carbonyl (C=O) groups is 2. The topological polar surface area (TPSA) is 67.4 Å². The van der Waals surface area contributed by atoms with Gasteiger partial charge in [-0.1, -0.05) is 24.3 Å². The van der Waals surface area contributed by atoms with Gasteiger partial charge < -0.3 is 15.4 Å². The Bertz CT molecular complexity index is 704. The van der Waals surface area contributed by atoms with Gasteiger partial charge in [-0.15, -0.1) is 0 Å². The molecular formula is C17H17FN2O3. The molecule has 6 heteroatoms. The van der Waals surface area contributed by atoms with Gasteiger partial charge in [-0.05, 0) is 31.2 Å². The largest absolute Gasteiger partial charge is 0.492 e. The van der Waals surface area contributed by atoms with Gasteiger partial charge in [-0.25, -0.2) is 4.39 Å². The average Bonchev–Trinajstić information content (AvgIpc) is 2.55. The van der Waals surface area contributed by atoms with Crippen LogP contribution in [0.3, 0.4) is 0 Å². The molecule has 23 heavy (non-hydrogen) atoms. The van der Waals surface area contributed by atoms with Crippen molar-refractivity contribution >= 4 is 17.5 Å². The maximum Gasteiger partial charge on any atom is 0.254 e. The molecule has 0 bridgehead atoms. The van der Waals surface area contributed by atoms with Crippen molar-refractivity contribution in [3.63, 3.8) is 0 Å². The fourth-order valence-electron chi connectivity index (χ4n) is 1.95. The lowest BCUT2D eigenvalue weighted by molar-refractivity contribution is -0.115. The lowest BCUT2D eigenvalue weighted by atomic mass is 10.2. The van der Waals surface area contributed by atoms with Crippen LogP contribution in [0.5, 0.6) is 5.75 Å². The molecule has 2 aromatic rings. The highest BCUT2D eigenvalue weighted by Gasteiger charge is 2.13. The molecule has 0 aromatic heterocycles. The predicted molar refractivity (Wildman–Crippen MR) is 85.0 cm³/mol. The molecule has 0 spiro atoms. The van der Waals surface area contributed by atoms with Crippen molar-refractivity contribution < 1.29 is 18.7 Å². The Morgan fingerprint density at radius 1 is 1.09 bits per heavy atom.